The number of ether oxygens (including phenoxy) is 1. The monoisotopic (exact) mass is 317 g/mol. The van der Waals surface area contributed by atoms with Crippen molar-refractivity contribution in [2.75, 3.05) is 17.7 Å². The van der Waals surface area contributed by atoms with Gasteiger partial charge in [-0.05, 0) is 55.9 Å². The minimum absolute atomic E-state index is 0.157. The van der Waals surface area contributed by atoms with E-state index in [1.807, 2.05) is 6.07 Å². The molecule has 0 bridgehead atoms. The van der Waals surface area contributed by atoms with Crippen molar-refractivity contribution in [2.24, 2.45) is 0 Å². The van der Waals surface area contributed by atoms with E-state index in [4.69, 9.17) is 4.74 Å². The Labute approximate surface area is 134 Å². The van der Waals surface area contributed by atoms with E-state index < -0.39 is 5.97 Å². The van der Waals surface area contributed by atoms with E-state index in [0.717, 1.165) is 18.5 Å². The van der Waals surface area contributed by atoms with Crippen molar-refractivity contribution in [1.82, 2.24) is 0 Å². The zero-order chi connectivity index (χ0) is 15.5. The molecule has 0 atom stereocenters. The maximum Gasteiger partial charge on any atom is 0.344 e. The molecule has 0 amide bonds. The predicted octanol–water partition coefficient (Wildman–Crippen LogP) is 3.07. The largest absolute Gasteiger partial charge is 0.462 e. The molecule has 116 valence electrons. The highest BCUT2D eigenvalue weighted by Gasteiger charge is 2.31. The Balaban J connectivity index is 1.84. The number of fused-ring (bicyclic) bond motifs is 1. The molecule has 22 heavy (non-hydrogen) atoms. The fourth-order valence-electron chi connectivity index (χ4n) is 2.86. The maximum atomic E-state index is 11.9. The number of carbonyl (C=O) groups excluding carboxylic acids is 2. The predicted molar refractivity (Wildman–Crippen MR) is 87.8 cm³/mol. The topological polar surface area (TPSA) is 55.4 Å². The van der Waals surface area contributed by atoms with Crippen molar-refractivity contribution in [3.63, 3.8) is 0 Å². The molecule has 2 aliphatic rings. The van der Waals surface area contributed by atoms with Crippen LogP contribution in [0, 0.1) is 0 Å². The molecule has 4 nitrogen and oxygen atoms in total. The first-order valence-corrected chi connectivity index (χ1v) is 8.64. The summed E-state index contributed by atoms with van der Waals surface area (Å²) < 4.78 is 4.98. The number of esters is 1. The number of benzene rings is 1. The molecule has 0 saturated heterocycles. The number of ketones is 1. The Morgan fingerprint density at radius 2 is 2.05 bits per heavy atom. The van der Waals surface area contributed by atoms with Gasteiger partial charge in [0.1, 0.15) is 5.57 Å². The highest BCUT2D eigenvalue weighted by Crippen LogP contribution is 2.32. The first kappa shape index (κ1) is 15.2. The quantitative estimate of drug-likeness (QED) is 0.683. The van der Waals surface area contributed by atoms with E-state index >= 15 is 0 Å². The lowest BCUT2D eigenvalue weighted by atomic mass is 9.91. The summed E-state index contributed by atoms with van der Waals surface area (Å²) in [5, 5.41) is 3.84. The van der Waals surface area contributed by atoms with Gasteiger partial charge in [0.05, 0.1) is 17.4 Å². The van der Waals surface area contributed by atoms with Gasteiger partial charge in [0, 0.05) is 5.69 Å². The van der Waals surface area contributed by atoms with Gasteiger partial charge in [0.2, 0.25) is 0 Å². The molecule has 0 fully saturated rings. The fourth-order valence-corrected chi connectivity index (χ4v) is 3.81. The van der Waals surface area contributed by atoms with Crippen LogP contribution in [0.1, 0.15) is 30.9 Å². The average molecular weight is 317 g/mol. The number of hydrogen-bond acceptors (Lipinski definition) is 5. The van der Waals surface area contributed by atoms with E-state index in [1.165, 1.54) is 35.7 Å². The van der Waals surface area contributed by atoms with Crippen molar-refractivity contribution in [3.05, 3.63) is 39.9 Å². The molecule has 0 spiro atoms. The molecule has 0 radical (unpaired) electrons. The SMILES string of the molecule is CCOC(=O)C1=C(Nc2ccc3c(c2)CCCC3)SCC1=O. The highest BCUT2D eigenvalue weighted by atomic mass is 32.2. The summed E-state index contributed by atoms with van der Waals surface area (Å²) >= 11 is 1.36. The van der Waals surface area contributed by atoms with Crippen LogP contribution in [0.4, 0.5) is 5.69 Å². The summed E-state index contributed by atoms with van der Waals surface area (Å²) in [5.74, 6) is -0.400. The lowest BCUT2D eigenvalue weighted by Gasteiger charge is -2.17. The summed E-state index contributed by atoms with van der Waals surface area (Å²) in [5.41, 5.74) is 3.86. The third-order valence-electron chi connectivity index (χ3n) is 3.94. The Bertz CT molecular complexity index is 651. The standard InChI is InChI=1S/C17H19NO3S/c1-2-21-17(20)15-14(19)10-22-16(15)18-13-8-7-11-5-3-4-6-12(11)9-13/h7-9,18H,2-6,10H2,1H3. The van der Waals surface area contributed by atoms with Gasteiger partial charge in [-0.25, -0.2) is 4.79 Å². The maximum absolute atomic E-state index is 11.9. The van der Waals surface area contributed by atoms with Crippen LogP contribution in [0.5, 0.6) is 0 Å². The summed E-state index contributed by atoms with van der Waals surface area (Å²) in [7, 11) is 0. The molecule has 1 heterocycles. The number of Topliss-reactive ketones (excluding diaryl/α,β-unsaturated/α-hetero) is 1. The molecule has 1 N–H and O–H groups in total. The zero-order valence-corrected chi connectivity index (χ0v) is 13.4. The van der Waals surface area contributed by atoms with Crippen molar-refractivity contribution < 1.29 is 14.3 Å². The van der Waals surface area contributed by atoms with Gasteiger partial charge in [-0.15, -0.1) is 0 Å². The van der Waals surface area contributed by atoms with Gasteiger partial charge < -0.3 is 10.1 Å². The number of carbonyl (C=O) groups is 2. The van der Waals surface area contributed by atoms with E-state index in [1.54, 1.807) is 6.92 Å². The molecule has 0 unspecified atom stereocenters. The molecule has 0 saturated carbocycles. The van der Waals surface area contributed by atoms with Crippen molar-refractivity contribution in [2.45, 2.75) is 32.6 Å². The fraction of sp³-hybridized carbons (Fsp3) is 0.412. The van der Waals surface area contributed by atoms with E-state index in [0.29, 0.717) is 10.8 Å². The first-order valence-electron chi connectivity index (χ1n) is 7.65. The summed E-state index contributed by atoms with van der Waals surface area (Å²) in [6, 6.07) is 6.29. The minimum atomic E-state index is -0.530. The lowest BCUT2D eigenvalue weighted by molar-refractivity contribution is -0.139. The molecule has 0 aromatic heterocycles. The van der Waals surface area contributed by atoms with E-state index in [-0.39, 0.29) is 18.0 Å². The van der Waals surface area contributed by atoms with Crippen LogP contribution in [-0.2, 0) is 27.2 Å². The van der Waals surface area contributed by atoms with Gasteiger partial charge in [0.15, 0.2) is 5.78 Å². The van der Waals surface area contributed by atoms with Crippen LogP contribution < -0.4 is 5.32 Å². The second-order valence-corrected chi connectivity index (χ2v) is 6.44. The molecule has 1 aliphatic heterocycles. The molecular weight excluding hydrogens is 298 g/mol. The summed E-state index contributed by atoms with van der Waals surface area (Å²) in [4.78, 5) is 23.8. The first-order chi connectivity index (χ1) is 10.7. The second-order valence-electron chi connectivity index (χ2n) is 5.45. The minimum Gasteiger partial charge on any atom is -0.462 e. The Morgan fingerprint density at radius 1 is 1.27 bits per heavy atom. The number of hydrogen-bond donors (Lipinski definition) is 1. The lowest BCUT2D eigenvalue weighted by Crippen LogP contribution is -2.16. The third-order valence-corrected chi connectivity index (χ3v) is 4.94. The van der Waals surface area contributed by atoms with Gasteiger partial charge in [-0.1, -0.05) is 17.8 Å². The van der Waals surface area contributed by atoms with Crippen molar-refractivity contribution in [3.8, 4) is 0 Å². The molecule has 1 aromatic carbocycles. The average Bonchev–Trinajstić information content (AvgIpc) is 2.88. The van der Waals surface area contributed by atoms with Gasteiger partial charge in [-0.2, -0.15) is 0 Å². The number of nitrogens with one attached hydrogen (secondary N) is 1. The van der Waals surface area contributed by atoms with Gasteiger partial charge >= 0.3 is 5.97 Å². The van der Waals surface area contributed by atoms with Crippen molar-refractivity contribution in [1.29, 1.82) is 0 Å². The third kappa shape index (κ3) is 3.04. The highest BCUT2D eigenvalue weighted by molar-refractivity contribution is 8.04. The van der Waals surface area contributed by atoms with Crippen molar-refractivity contribution >= 4 is 29.2 Å². The number of aryl methyl sites for hydroxylation is 2. The molecule has 1 aliphatic carbocycles. The van der Waals surface area contributed by atoms with Crippen LogP contribution in [0.15, 0.2) is 28.8 Å². The Morgan fingerprint density at radius 3 is 2.82 bits per heavy atom. The van der Waals surface area contributed by atoms with Crippen LogP contribution in [0.2, 0.25) is 0 Å². The van der Waals surface area contributed by atoms with E-state index in [2.05, 4.69) is 17.4 Å². The molecule has 3 rings (SSSR count). The number of thioether (sulfide) groups is 1. The van der Waals surface area contributed by atoms with Crippen LogP contribution >= 0.6 is 11.8 Å². The summed E-state index contributed by atoms with van der Waals surface area (Å²) in [6.07, 6.45) is 4.71. The van der Waals surface area contributed by atoms with Crippen LogP contribution in [-0.4, -0.2) is 24.1 Å². The summed E-state index contributed by atoms with van der Waals surface area (Å²) in [6.45, 7) is 2.01. The molecule has 1 aromatic rings. The normalized spacial score (nSPS) is 17.4. The molecular formula is C17H19NO3S. The number of anilines is 1. The number of rotatable bonds is 4. The Kier molecular flexibility index (Phi) is 4.52. The Hall–Kier alpha value is -1.75. The molecule has 5 heteroatoms. The van der Waals surface area contributed by atoms with Crippen LogP contribution in [0.25, 0.3) is 0 Å². The van der Waals surface area contributed by atoms with Crippen LogP contribution in [0.3, 0.4) is 0 Å². The van der Waals surface area contributed by atoms with Gasteiger partial charge in [-0.3, -0.25) is 4.79 Å². The van der Waals surface area contributed by atoms with E-state index in [9.17, 15) is 9.59 Å². The van der Waals surface area contributed by atoms with Gasteiger partial charge in [0.25, 0.3) is 0 Å². The zero-order valence-electron chi connectivity index (χ0n) is 12.6. The smallest absolute Gasteiger partial charge is 0.344 e. The second kappa shape index (κ2) is 6.57.